The maximum Gasteiger partial charge on any atom is 0.230 e. The summed E-state index contributed by atoms with van der Waals surface area (Å²) >= 11 is 0. The van der Waals surface area contributed by atoms with Crippen molar-refractivity contribution in [3.8, 4) is 11.6 Å². The minimum absolute atomic E-state index is 0.313. The Morgan fingerprint density at radius 1 is 0.971 bits per heavy atom. The smallest absolute Gasteiger partial charge is 0.230 e. The van der Waals surface area contributed by atoms with E-state index in [0.717, 1.165) is 35.8 Å². The molecule has 35 heavy (non-hydrogen) atoms. The van der Waals surface area contributed by atoms with Gasteiger partial charge in [-0.3, -0.25) is 0 Å². The third kappa shape index (κ3) is 5.65. The predicted molar refractivity (Wildman–Crippen MR) is 133 cm³/mol. The fourth-order valence-corrected chi connectivity index (χ4v) is 4.59. The van der Waals surface area contributed by atoms with Gasteiger partial charge in [0.05, 0.1) is 26.4 Å². The van der Waals surface area contributed by atoms with E-state index in [2.05, 4.69) is 4.90 Å². The maximum absolute atomic E-state index is 15.0. The van der Waals surface area contributed by atoms with Crippen LogP contribution in [0.5, 0.6) is 11.6 Å². The molecule has 8 heteroatoms. The molecule has 0 N–H and O–H groups in total. The fraction of sp³-hybridized carbons (Fsp3) is 0.407. The van der Waals surface area contributed by atoms with Gasteiger partial charge in [0.2, 0.25) is 11.8 Å². The van der Waals surface area contributed by atoms with Crippen LogP contribution in [0.15, 0.2) is 60.7 Å². The molecule has 0 bridgehead atoms. The van der Waals surface area contributed by atoms with Crippen LogP contribution in [0.4, 0.5) is 16.2 Å². The van der Waals surface area contributed by atoms with E-state index in [9.17, 15) is 0 Å². The maximum atomic E-state index is 15.0. The predicted octanol–water partition coefficient (Wildman–Crippen LogP) is 4.06. The lowest BCUT2D eigenvalue weighted by atomic mass is 10.0. The van der Waals surface area contributed by atoms with Crippen molar-refractivity contribution >= 4 is 11.8 Å². The SMILES string of the molecule is COc1ccc(COc2cc(N3CCOCC3)nc(N3CC[C@@H](F)[C@@H]3Cc3ccccc3)n2)cc1. The molecule has 5 rings (SSSR count). The van der Waals surface area contributed by atoms with Crippen molar-refractivity contribution in [2.45, 2.75) is 31.7 Å². The van der Waals surface area contributed by atoms with Crippen molar-refractivity contribution < 1.29 is 18.6 Å². The molecular weight excluding hydrogens is 447 g/mol. The zero-order valence-electron chi connectivity index (χ0n) is 20.0. The van der Waals surface area contributed by atoms with Crippen molar-refractivity contribution in [2.24, 2.45) is 0 Å². The molecular formula is C27H31FN4O3. The van der Waals surface area contributed by atoms with E-state index in [1.54, 1.807) is 7.11 Å². The highest BCUT2D eigenvalue weighted by Crippen LogP contribution is 2.31. The molecule has 3 heterocycles. The van der Waals surface area contributed by atoms with Gasteiger partial charge in [-0.1, -0.05) is 42.5 Å². The van der Waals surface area contributed by atoms with Crippen molar-refractivity contribution in [1.82, 2.24) is 9.97 Å². The number of aromatic nitrogens is 2. The Kier molecular flexibility index (Phi) is 7.28. The third-order valence-corrected chi connectivity index (χ3v) is 6.57. The van der Waals surface area contributed by atoms with E-state index in [4.69, 9.17) is 24.2 Å². The Bertz CT molecular complexity index is 1090. The number of hydrogen-bond acceptors (Lipinski definition) is 7. The van der Waals surface area contributed by atoms with Gasteiger partial charge in [0.15, 0.2) is 0 Å². The average molecular weight is 479 g/mol. The summed E-state index contributed by atoms with van der Waals surface area (Å²) in [7, 11) is 1.65. The summed E-state index contributed by atoms with van der Waals surface area (Å²) in [6, 6.07) is 19.3. The van der Waals surface area contributed by atoms with Crippen LogP contribution < -0.4 is 19.3 Å². The van der Waals surface area contributed by atoms with Gasteiger partial charge in [0, 0.05) is 25.7 Å². The van der Waals surface area contributed by atoms with E-state index >= 15 is 4.39 Å². The number of nitrogens with zero attached hydrogens (tertiary/aromatic N) is 4. The standard InChI is InChI=1S/C27H31FN4O3/c1-33-22-9-7-21(8-10-22)19-35-26-18-25(31-13-15-34-16-14-31)29-27(30-26)32-12-11-23(28)24(32)17-20-5-3-2-4-6-20/h2-10,18,23-24H,11-17,19H2,1H3/t23-,24+/m1/s1. The highest BCUT2D eigenvalue weighted by Gasteiger charge is 2.36. The highest BCUT2D eigenvalue weighted by molar-refractivity contribution is 5.49. The third-order valence-electron chi connectivity index (χ3n) is 6.57. The number of morpholine rings is 1. The van der Waals surface area contributed by atoms with Gasteiger partial charge in [0.25, 0.3) is 0 Å². The number of alkyl halides is 1. The fourth-order valence-electron chi connectivity index (χ4n) is 4.59. The molecule has 0 aliphatic carbocycles. The topological polar surface area (TPSA) is 60.0 Å². The Hall–Kier alpha value is -3.39. The quantitative estimate of drug-likeness (QED) is 0.484. The van der Waals surface area contributed by atoms with E-state index in [1.165, 1.54) is 0 Å². The number of anilines is 2. The second-order valence-electron chi connectivity index (χ2n) is 8.86. The van der Waals surface area contributed by atoms with E-state index in [1.807, 2.05) is 65.6 Å². The van der Waals surface area contributed by atoms with Crippen LogP contribution in [0, 0.1) is 0 Å². The van der Waals surface area contributed by atoms with Crippen LogP contribution in [0.1, 0.15) is 17.5 Å². The number of rotatable bonds is 8. The monoisotopic (exact) mass is 478 g/mol. The first-order valence-corrected chi connectivity index (χ1v) is 12.1. The first-order chi connectivity index (χ1) is 17.2. The summed E-state index contributed by atoms with van der Waals surface area (Å²) in [6.07, 6.45) is 0.134. The second kappa shape index (κ2) is 10.9. The van der Waals surface area contributed by atoms with Gasteiger partial charge in [-0.2, -0.15) is 9.97 Å². The van der Waals surface area contributed by atoms with Crippen LogP contribution >= 0.6 is 0 Å². The average Bonchev–Trinajstić information content (AvgIpc) is 3.28. The summed E-state index contributed by atoms with van der Waals surface area (Å²) in [4.78, 5) is 13.8. The van der Waals surface area contributed by atoms with Crippen LogP contribution in [0.25, 0.3) is 0 Å². The molecule has 2 fully saturated rings. The number of methoxy groups -OCH3 is 1. The summed E-state index contributed by atoms with van der Waals surface area (Å²) < 4.78 is 31.9. The van der Waals surface area contributed by atoms with Crippen molar-refractivity contribution in [3.63, 3.8) is 0 Å². The molecule has 7 nitrogen and oxygen atoms in total. The molecule has 2 aliphatic rings. The summed E-state index contributed by atoms with van der Waals surface area (Å²) in [6.45, 7) is 3.72. The van der Waals surface area contributed by atoms with Gasteiger partial charge >= 0.3 is 0 Å². The normalized spacial score (nSPS) is 20.2. The molecule has 2 saturated heterocycles. The van der Waals surface area contributed by atoms with Crippen LogP contribution in [0.3, 0.4) is 0 Å². The second-order valence-corrected chi connectivity index (χ2v) is 8.86. The van der Waals surface area contributed by atoms with Crippen LogP contribution in [-0.2, 0) is 17.8 Å². The van der Waals surface area contributed by atoms with E-state index in [-0.39, 0.29) is 6.04 Å². The molecule has 0 spiro atoms. The first kappa shape index (κ1) is 23.4. The van der Waals surface area contributed by atoms with Gasteiger partial charge in [-0.15, -0.1) is 0 Å². The van der Waals surface area contributed by atoms with Gasteiger partial charge in [-0.25, -0.2) is 4.39 Å². The highest BCUT2D eigenvalue weighted by atomic mass is 19.1. The minimum Gasteiger partial charge on any atom is -0.497 e. The Morgan fingerprint density at radius 2 is 1.74 bits per heavy atom. The molecule has 1 aromatic heterocycles. The molecule has 2 aliphatic heterocycles. The molecule has 0 saturated carbocycles. The summed E-state index contributed by atoms with van der Waals surface area (Å²) in [5, 5.41) is 0. The largest absolute Gasteiger partial charge is 0.497 e. The van der Waals surface area contributed by atoms with E-state index < -0.39 is 6.17 Å². The lowest BCUT2D eigenvalue weighted by Gasteiger charge is -2.30. The minimum atomic E-state index is -0.936. The lowest BCUT2D eigenvalue weighted by Crippen LogP contribution is -2.39. The first-order valence-electron chi connectivity index (χ1n) is 12.1. The van der Waals surface area contributed by atoms with Crippen LogP contribution in [-0.4, -0.2) is 62.1 Å². The number of ether oxygens (including phenoxy) is 3. The summed E-state index contributed by atoms with van der Waals surface area (Å²) in [5.41, 5.74) is 2.11. The Labute approximate surface area is 205 Å². The molecule has 2 aromatic carbocycles. The van der Waals surface area contributed by atoms with E-state index in [0.29, 0.717) is 51.0 Å². The summed E-state index contributed by atoms with van der Waals surface area (Å²) in [5.74, 6) is 2.57. The number of hydrogen-bond donors (Lipinski definition) is 0. The van der Waals surface area contributed by atoms with Gasteiger partial charge in [0.1, 0.15) is 24.3 Å². The lowest BCUT2D eigenvalue weighted by molar-refractivity contribution is 0.122. The van der Waals surface area contributed by atoms with Gasteiger partial charge in [-0.05, 0) is 36.1 Å². The van der Waals surface area contributed by atoms with Crippen molar-refractivity contribution in [3.05, 3.63) is 71.8 Å². The molecule has 2 atom stereocenters. The van der Waals surface area contributed by atoms with Crippen molar-refractivity contribution in [1.29, 1.82) is 0 Å². The molecule has 3 aromatic rings. The molecule has 0 unspecified atom stereocenters. The zero-order chi connectivity index (χ0) is 24.0. The number of halogens is 1. The molecule has 184 valence electrons. The number of benzene rings is 2. The van der Waals surface area contributed by atoms with Crippen LogP contribution in [0.2, 0.25) is 0 Å². The Balaban J connectivity index is 1.40. The zero-order valence-corrected chi connectivity index (χ0v) is 20.0. The van der Waals surface area contributed by atoms with Crippen molar-refractivity contribution in [2.75, 3.05) is 49.8 Å². The Morgan fingerprint density at radius 3 is 2.49 bits per heavy atom. The van der Waals surface area contributed by atoms with Gasteiger partial charge < -0.3 is 24.0 Å². The molecule has 0 amide bonds. The molecule has 0 radical (unpaired) electrons.